The Hall–Kier alpha value is -3.92. The molecule has 0 radical (unpaired) electrons. The lowest BCUT2D eigenvalue weighted by Crippen LogP contribution is -2.29. The van der Waals surface area contributed by atoms with Crippen LogP contribution in [0.2, 0.25) is 0 Å². The summed E-state index contributed by atoms with van der Waals surface area (Å²) in [6, 6.07) is 11.1. The molecular weight excluding hydrogens is 470 g/mol. The number of rotatable bonds is 6. The predicted molar refractivity (Wildman–Crippen MR) is 129 cm³/mol. The SMILES string of the molecule is CCCOc1cccc([C@H]2C(=C(O)c3ccc4c(c3)OCCO4)C(=O)C(=O)N2c2nnc(C)s2)c1. The molecule has 0 aliphatic carbocycles. The van der Waals surface area contributed by atoms with Gasteiger partial charge in [0.15, 0.2) is 11.5 Å². The van der Waals surface area contributed by atoms with Crippen molar-refractivity contribution < 1.29 is 28.9 Å². The zero-order valence-electron chi connectivity index (χ0n) is 19.2. The topological polar surface area (TPSA) is 111 Å². The van der Waals surface area contributed by atoms with Crippen LogP contribution < -0.4 is 19.1 Å². The van der Waals surface area contributed by atoms with Crippen LogP contribution in [0.4, 0.5) is 5.13 Å². The van der Waals surface area contributed by atoms with Gasteiger partial charge in [-0.1, -0.05) is 30.4 Å². The van der Waals surface area contributed by atoms with E-state index in [1.165, 1.54) is 16.2 Å². The Labute approximate surface area is 205 Å². The molecule has 3 aromatic rings. The number of Topliss-reactive ketones (excluding diaryl/α,β-unsaturated/α-hetero) is 1. The van der Waals surface area contributed by atoms with Crippen LogP contribution in [-0.2, 0) is 9.59 Å². The van der Waals surface area contributed by atoms with E-state index >= 15 is 0 Å². The Kier molecular flexibility index (Phi) is 6.12. The van der Waals surface area contributed by atoms with E-state index in [1.807, 2.05) is 6.92 Å². The van der Waals surface area contributed by atoms with E-state index in [1.54, 1.807) is 49.4 Å². The lowest BCUT2D eigenvalue weighted by atomic mass is 9.95. The van der Waals surface area contributed by atoms with Crippen molar-refractivity contribution in [3.05, 3.63) is 64.2 Å². The molecule has 2 aromatic carbocycles. The van der Waals surface area contributed by atoms with Crippen LogP contribution in [0.3, 0.4) is 0 Å². The smallest absolute Gasteiger partial charge is 0.301 e. The van der Waals surface area contributed by atoms with Crippen LogP contribution >= 0.6 is 11.3 Å². The summed E-state index contributed by atoms with van der Waals surface area (Å²) in [5, 5.41) is 20.4. The van der Waals surface area contributed by atoms with Crippen molar-refractivity contribution in [2.45, 2.75) is 26.3 Å². The molecule has 35 heavy (non-hydrogen) atoms. The number of carbonyl (C=O) groups excluding carboxylic acids is 2. The molecule has 1 aromatic heterocycles. The third-order valence-electron chi connectivity index (χ3n) is 5.63. The number of ether oxygens (including phenoxy) is 3. The predicted octanol–water partition coefficient (Wildman–Crippen LogP) is 4.03. The summed E-state index contributed by atoms with van der Waals surface area (Å²) in [5.74, 6) is -0.299. The minimum Gasteiger partial charge on any atom is -0.507 e. The summed E-state index contributed by atoms with van der Waals surface area (Å²) in [7, 11) is 0. The molecule has 1 N–H and O–H groups in total. The molecule has 9 nitrogen and oxygen atoms in total. The van der Waals surface area contributed by atoms with E-state index in [4.69, 9.17) is 14.2 Å². The number of nitrogens with zero attached hydrogens (tertiary/aromatic N) is 3. The lowest BCUT2D eigenvalue weighted by molar-refractivity contribution is -0.132. The van der Waals surface area contributed by atoms with E-state index in [0.717, 1.165) is 6.42 Å². The first-order valence-corrected chi connectivity index (χ1v) is 12.0. The van der Waals surface area contributed by atoms with Crippen LogP contribution in [0.1, 0.15) is 35.5 Å². The van der Waals surface area contributed by atoms with Gasteiger partial charge < -0.3 is 19.3 Å². The van der Waals surface area contributed by atoms with Crippen LogP contribution in [0, 0.1) is 6.92 Å². The Bertz CT molecular complexity index is 1330. The third-order valence-corrected chi connectivity index (χ3v) is 6.47. The van der Waals surface area contributed by atoms with Crippen molar-refractivity contribution in [2.24, 2.45) is 0 Å². The molecule has 1 amide bonds. The molecule has 3 heterocycles. The van der Waals surface area contributed by atoms with Crippen molar-refractivity contribution in [1.29, 1.82) is 0 Å². The van der Waals surface area contributed by atoms with Crippen LogP contribution in [0.5, 0.6) is 17.2 Å². The van der Waals surface area contributed by atoms with Gasteiger partial charge in [-0.2, -0.15) is 0 Å². The number of aryl methyl sites for hydroxylation is 1. The summed E-state index contributed by atoms with van der Waals surface area (Å²) < 4.78 is 17.0. The fourth-order valence-electron chi connectivity index (χ4n) is 4.07. The van der Waals surface area contributed by atoms with Gasteiger partial charge in [0.05, 0.1) is 18.2 Å². The standard InChI is InChI=1S/C25H23N3O6S/c1-3-9-32-17-6-4-5-15(12-17)21-20(23(30)24(31)28(21)25-27-26-14(2)35-25)22(29)16-7-8-18-19(13-16)34-11-10-33-18/h4-8,12-13,21,29H,3,9-11H2,1-2H3/t21-/m0/s1. The van der Waals surface area contributed by atoms with E-state index in [0.29, 0.717) is 53.2 Å². The quantitative estimate of drug-likeness (QED) is 0.311. The maximum Gasteiger partial charge on any atom is 0.301 e. The fourth-order valence-corrected chi connectivity index (χ4v) is 4.78. The number of amides is 1. The number of fused-ring (bicyclic) bond motifs is 1. The number of hydrogen-bond donors (Lipinski definition) is 1. The number of carbonyl (C=O) groups is 2. The van der Waals surface area contributed by atoms with E-state index in [9.17, 15) is 14.7 Å². The normalized spacial score (nSPS) is 18.7. The van der Waals surface area contributed by atoms with Crippen LogP contribution in [-0.4, -0.2) is 46.8 Å². The largest absolute Gasteiger partial charge is 0.507 e. The summed E-state index contributed by atoms with van der Waals surface area (Å²) in [6.45, 7) is 5.10. The Morgan fingerprint density at radius 3 is 2.69 bits per heavy atom. The molecule has 0 bridgehead atoms. The third kappa shape index (κ3) is 4.21. The minimum absolute atomic E-state index is 0.0489. The number of benzene rings is 2. The molecule has 0 unspecified atom stereocenters. The zero-order chi connectivity index (χ0) is 24.5. The van der Waals surface area contributed by atoms with Gasteiger partial charge in [-0.3, -0.25) is 14.5 Å². The van der Waals surface area contributed by atoms with Crippen molar-refractivity contribution in [3.63, 3.8) is 0 Å². The molecule has 1 saturated heterocycles. The molecule has 1 atom stereocenters. The number of aromatic nitrogens is 2. The number of aliphatic hydroxyl groups excluding tert-OH is 1. The second kappa shape index (κ2) is 9.38. The minimum atomic E-state index is -0.916. The van der Waals surface area contributed by atoms with Gasteiger partial charge >= 0.3 is 5.91 Å². The number of hydrogen-bond acceptors (Lipinski definition) is 9. The number of aliphatic hydroxyl groups is 1. The van der Waals surface area contributed by atoms with E-state index in [-0.39, 0.29) is 16.5 Å². The van der Waals surface area contributed by atoms with Gasteiger partial charge in [0.25, 0.3) is 5.78 Å². The van der Waals surface area contributed by atoms with Gasteiger partial charge in [0, 0.05) is 5.56 Å². The molecule has 2 aliphatic rings. The van der Waals surface area contributed by atoms with Gasteiger partial charge in [-0.15, -0.1) is 10.2 Å². The maximum atomic E-state index is 13.3. The second-order valence-electron chi connectivity index (χ2n) is 8.05. The molecule has 1 fully saturated rings. The first-order valence-electron chi connectivity index (χ1n) is 11.2. The summed E-state index contributed by atoms with van der Waals surface area (Å²) in [6.07, 6.45) is 0.830. The highest BCUT2D eigenvalue weighted by Gasteiger charge is 2.48. The molecule has 10 heteroatoms. The summed E-state index contributed by atoms with van der Waals surface area (Å²) in [4.78, 5) is 27.8. The monoisotopic (exact) mass is 493 g/mol. The van der Waals surface area contributed by atoms with E-state index in [2.05, 4.69) is 10.2 Å². The maximum absolute atomic E-state index is 13.3. The molecular formula is C25H23N3O6S. The Morgan fingerprint density at radius 2 is 1.94 bits per heavy atom. The van der Waals surface area contributed by atoms with E-state index < -0.39 is 17.7 Å². The first-order chi connectivity index (χ1) is 17.0. The van der Waals surface area contributed by atoms with Crippen molar-refractivity contribution >= 4 is 33.9 Å². The number of anilines is 1. The molecule has 0 spiro atoms. The average molecular weight is 494 g/mol. The highest BCUT2D eigenvalue weighted by molar-refractivity contribution is 7.15. The van der Waals surface area contributed by atoms with Gasteiger partial charge in [-0.05, 0) is 49.2 Å². The van der Waals surface area contributed by atoms with Crippen molar-refractivity contribution in [3.8, 4) is 17.2 Å². The Balaban J connectivity index is 1.66. The Morgan fingerprint density at radius 1 is 1.14 bits per heavy atom. The van der Waals surface area contributed by atoms with Gasteiger partial charge in [-0.25, -0.2) is 0 Å². The summed E-state index contributed by atoms with van der Waals surface area (Å²) >= 11 is 1.19. The van der Waals surface area contributed by atoms with Crippen molar-refractivity contribution in [2.75, 3.05) is 24.7 Å². The highest BCUT2D eigenvalue weighted by Crippen LogP contribution is 2.44. The summed E-state index contributed by atoms with van der Waals surface area (Å²) in [5.41, 5.74) is 0.890. The first kappa shape index (κ1) is 22.9. The molecule has 2 aliphatic heterocycles. The lowest BCUT2D eigenvalue weighted by Gasteiger charge is -2.23. The fraction of sp³-hybridized carbons (Fsp3) is 0.280. The van der Waals surface area contributed by atoms with Gasteiger partial charge in [0.1, 0.15) is 29.7 Å². The van der Waals surface area contributed by atoms with Crippen molar-refractivity contribution in [1.82, 2.24) is 10.2 Å². The van der Waals surface area contributed by atoms with Gasteiger partial charge in [0.2, 0.25) is 5.13 Å². The number of ketones is 1. The molecule has 180 valence electrons. The highest BCUT2D eigenvalue weighted by atomic mass is 32.1. The average Bonchev–Trinajstić information content (AvgIpc) is 3.42. The molecule has 0 saturated carbocycles. The second-order valence-corrected chi connectivity index (χ2v) is 9.21. The van der Waals surface area contributed by atoms with Crippen LogP contribution in [0.25, 0.3) is 5.76 Å². The van der Waals surface area contributed by atoms with Crippen LogP contribution in [0.15, 0.2) is 48.0 Å². The zero-order valence-corrected chi connectivity index (χ0v) is 20.0. The molecule has 5 rings (SSSR count).